The van der Waals surface area contributed by atoms with Crippen molar-refractivity contribution in [2.24, 2.45) is 5.73 Å². The zero-order valence-electron chi connectivity index (χ0n) is 26.0. The Labute approximate surface area is 245 Å². The molecule has 232 valence electrons. The first-order valence-corrected chi connectivity index (χ1v) is 14.9. The Morgan fingerprint density at radius 3 is 2.20 bits per heavy atom. The highest BCUT2D eigenvalue weighted by molar-refractivity contribution is 5.94. The number of hydrogen-bond donors (Lipinski definition) is 4. The molecule has 0 bridgehead atoms. The van der Waals surface area contributed by atoms with Gasteiger partial charge in [0.05, 0.1) is 6.42 Å². The Balaban J connectivity index is 3.53. The molecule has 4 amide bonds. The van der Waals surface area contributed by atoms with Crippen molar-refractivity contribution in [1.82, 2.24) is 15.5 Å². The molecule has 0 saturated carbocycles. The first kappa shape index (κ1) is 35.7. The molecule has 5 N–H and O–H groups in total. The fourth-order valence-electron chi connectivity index (χ4n) is 4.63. The molecule has 1 rings (SSSR count). The summed E-state index contributed by atoms with van der Waals surface area (Å²) in [6, 6.07) is 2.25. The van der Waals surface area contributed by atoms with Crippen molar-refractivity contribution >= 4 is 23.8 Å². The van der Waals surface area contributed by atoms with Gasteiger partial charge in [0.2, 0.25) is 17.7 Å². The number of phenolic OH excluding ortho intramolecular Hbond substituents is 1. The smallest absolute Gasteiger partial charge is 0.408 e. The third-order valence-electron chi connectivity index (χ3n) is 6.64. The fraction of sp³-hybridized carbons (Fsp3) is 0.677. The summed E-state index contributed by atoms with van der Waals surface area (Å²) in [4.78, 5) is 54.0. The number of nitrogens with zero attached hydrogens (tertiary/aromatic N) is 1. The number of ether oxygens (including phenoxy) is 1. The van der Waals surface area contributed by atoms with Gasteiger partial charge in [0.15, 0.2) is 0 Å². The van der Waals surface area contributed by atoms with Gasteiger partial charge in [0, 0.05) is 12.6 Å². The highest BCUT2D eigenvalue weighted by Gasteiger charge is 2.37. The third-order valence-corrected chi connectivity index (χ3v) is 6.64. The van der Waals surface area contributed by atoms with Crippen LogP contribution in [0.5, 0.6) is 5.75 Å². The molecule has 41 heavy (non-hydrogen) atoms. The van der Waals surface area contributed by atoms with E-state index in [0.717, 1.165) is 44.9 Å². The maximum Gasteiger partial charge on any atom is 0.408 e. The molecule has 0 heterocycles. The minimum atomic E-state index is -1.33. The summed E-state index contributed by atoms with van der Waals surface area (Å²) in [5.41, 5.74) is 5.71. The largest absolute Gasteiger partial charge is 0.508 e. The molecular formula is C31H52N4O6. The first-order valence-electron chi connectivity index (χ1n) is 14.9. The number of benzene rings is 1. The van der Waals surface area contributed by atoms with Crippen molar-refractivity contribution in [2.75, 3.05) is 6.54 Å². The summed E-state index contributed by atoms with van der Waals surface area (Å²) >= 11 is 0. The Morgan fingerprint density at radius 1 is 1.00 bits per heavy atom. The summed E-state index contributed by atoms with van der Waals surface area (Å²) in [5, 5.41) is 15.7. The van der Waals surface area contributed by atoms with Crippen molar-refractivity contribution in [3.8, 4) is 5.75 Å². The maximum absolute atomic E-state index is 14.1. The summed E-state index contributed by atoms with van der Waals surface area (Å²) in [6.45, 7) is 13.1. The van der Waals surface area contributed by atoms with Crippen molar-refractivity contribution < 1.29 is 29.0 Å². The van der Waals surface area contributed by atoms with Gasteiger partial charge in [0.1, 0.15) is 23.4 Å². The molecule has 3 unspecified atom stereocenters. The monoisotopic (exact) mass is 576 g/mol. The number of hydrogen-bond acceptors (Lipinski definition) is 6. The Morgan fingerprint density at radius 2 is 1.63 bits per heavy atom. The normalized spacial score (nSPS) is 13.5. The maximum atomic E-state index is 14.1. The van der Waals surface area contributed by atoms with Crippen LogP contribution in [0, 0.1) is 6.92 Å². The molecule has 10 nitrogen and oxygen atoms in total. The molecule has 1 aromatic rings. The summed E-state index contributed by atoms with van der Waals surface area (Å²) in [7, 11) is 0. The van der Waals surface area contributed by atoms with Crippen LogP contribution in [0.2, 0.25) is 0 Å². The number of nitrogens with two attached hydrogens (primary N) is 1. The molecule has 0 radical (unpaired) electrons. The zero-order chi connectivity index (χ0) is 31.2. The highest BCUT2D eigenvalue weighted by atomic mass is 16.6. The molecule has 0 fully saturated rings. The first-order chi connectivity index (χ1) is 19.2. The second kappa shape index (κ2) is 17.5. The van der Waals surface area contributed by atoms with Crippen LogP contribution in [0.25, 0.3) is 0 Å². The number of carbonyl (C=O) groups is 4. The third kappa shape index (κ3) is 13.3. The van der Waals surface area contributed by atoms with Crippen molar-refractivity contribution in [2.45, 2.75) is 130 Å². The molecule has 0 aliphatic rings. The van der Waals surface area contributed by atoms with E-state index in [2.05, 4.69) is 17.6 Å². The van der Waals surface area contributed by atoms with Crippen LogP contribution >= 0.6 is 0 Å². The minimum Gasteiger partial charge on any atom is -0.508 e. The fourth-order valence-corrected chi connectivity index (χ4v) is 4.63. The van der Waals surface area contributed by atoms with E-state index >= 15 is 0 Å². The standard InChI is InChI=1S/C31H52N4O6/c1-8-10-11-12-13-14-18-35(29(39)24(20-26(32)37)34-30(40)41-31(5,6)7)27(28(38)33-22(4)15-9-2)23-16-17-25(36)21(3)19-23/h16-17,19,22,24,27,36H,8-15,18,20H2,1-7H3,(H2,32,37)(H,33,38)(H,34,40). The summed E-state index contributed by atoms with van der Waals surface area (Å²) in [6.07, 6.45) is 6.05. The number of alkyl carbamates (subject to hydrolysis) is 1. The lowest BCUT2D eigenvalue weighted by Gasteiger charge is -2.35. The number of unbranched alkanes of at least 4 members (excludes halogenated alkanes) is 5. The van der Waals surface area contributed by atoms with E-state index in [9.17, 15) is 24.3 Å². The van der Waals surface area contributed by atoms with Crippen LogP contribution in [0.4, 0.5) is 4.79 Å². The predicted molar refractivity (Wildman–Crippen MR) is 160 cm³/mol. The minimum absolute atomic E-state index is 0.0688. The second-order valence-corrected chi connectivity index (χ2v) is 11.8. The van der Waals surface area contributed by atoms with Gasteiger partial charge < -0.3 is 31.1 Å². The SMILES string of the molecule is CCCCCCCCN(C(=O)C(CC(N)=O)NC(=O)OC(C)(C)C)C(C(=O)NC(C)CCC)c1ccc(O)c(C)c1. The topological polar surface area (TPSA) is 151 Å². The average molecular weight is 577 g/mol. The van der Waals surface area contributed by atoms with Crippen LogP contribution in [0.15, 0.2) is 18.2 Å². The van der Waals surface area contributed by atoms with Gasteiger partial charge in [-0.2, -0.15) is 0 Å². The van der Waals surface area contributed by atoms with E-state index in [4.69, 9.17) is 10.5 Å². The van der Waals surface area contributed by atoms with Crippen molar-refractivity contribution in [1.29, 1.82) is 0 Å². The van der Waals surface area contributed by atoms with E-state index < -0.39 is 42.0 Å². The number of phenols is 1. The van der Waals surface area contributed by atoms with E-state index in [1.165, 1.54) is 11.0 Å². The summed E-state index contributed by atoms with van der Waals surface area (Å²) in [5.74, 6) is -1.71. The lowest BCUT2D eigenvalue weighted by Crippen LogP contribution is -2.54. The van der Waals surface area contributed by atoms with E-state index in [0.29, 0.717) is 17.5 Å². The lowest BCUT2D eigenvalue weighted by molar-refractivity contribution is -0.143. The Hall–Kier alpha value is -3.30. The van der Waals surface area contributed by atoms with Crippen molar-refractivity contribution in [3.63, 3.8) is 0 Å². The van der Waals surface area contributed by atoms with Gasteiger partial charge in [0.25, 0.3) is 0 Å². The number of aromatic hydroxyl groups is 1. The number of nitrogens with one attached hydrogen (secondary N) is 2. The van der Waals surface area contributed by atoms with Gasteiger partial charge >= 0.3 is 6.09 Å². The molecular weight excluding hydrogens is 524 g/mol. The molecule has 0 aliphatic heterocycles. The molecule has 10 heteroatoms. The number of carbonyl (C=O) groups excluding carboxylic acids is 4. The highest BCUT2D eigenvalue weighted by Crippen LogP contribution is 2.28. The average Bonchev–Trinajstić information content (AvgIpc) is 2.85. The molecule has 0 aromatic heterocycles. The van der Waals surface area contributed by atoms with E-state index in [-0.39, 0.29) is 24.2 Å². The Bertz CT molecular complexity index is 1010. The van der Waals surface area contributed by atoms with Crippen molar-refractivity contribution in [3.05, 3.63) is 29.3 Å². The molecule has 3 atom stereocenters. The van der Waals surface area contributed by atoms with Gasteiger partial charge in [-0.3, -0.25) is 14.4 Å². The molecule has 0 saturated heterocycles. The van der Waals surface area contributed by atoms with Crippen LogP contribution < -0.4 is 16.4 Å². The summed E-state index contributed by atoms with van der Waals surface area (Å²) < 4.78 is 5.34. The molecule has 1 aromatic carbocycles. The van der Waals surface area contributed by atoms with Gasteiger partial charge in [-0.1, -0.05) is 58.4 Å². The zero-order valence-corrected chi connectivity index (χ0v) is 26.0. The van der Waals surface area contributed by atoms with Gasteiger partial charge in [-0.25, -0.2) is 4.79 Å². The van der Waals surface area contributed by atoms with Crippen LogP contribution in [-0.4, -0.2) is 58.1 Å². The number of amides is 4. The number of rotatable bonds is 17. The molecule has 0 spiro atoms. The lowest BCUT2D eigenvalue weighted by atomic mass is 9.98. The molecule has 0 aliphatic carbocycles. The second-order valence-electron chi connectivity index (χ2n) is 11.8. The predicted octanol–water partition coefficient (Wildman–Crippen LogP) is 5.00. The van der Waals surface area contributed by atoms with Gasteiger partial charge in [-0.15, -0.1) is 0 Å². The Kier molecular flexibility index (Phi) is 15.2. The van der Waals surface area contributed by atoms with Gasteiger partial charge in [-0.05, 0) is 70.7 Å². The van der Waals surface area contributed by atoms with Crippen LogP contribution in [0.3, 0.4) is 0 Å². The van der Waals surface area contributed by atoms with Crippen LogP contribution in [-0.2, 0) is 19.1 Å². The van der Waals surface area contributed by atoms with Crippen LogP contribution in [0.1, 0.15) is 116 Å². The van der Waals surface area contributed by atoms with E-state index in [1.54, 1.807) is 39.8 Å². The number of primary amides is 1. The number of aryl methyl sites for hydroxylation is 1. The quantitative estimate of drug-likeness (QED) is 0.192. The van der Waals surface area contributed by atoms with E-state index in [1.807, 2.05) is 13.8 Å².